The van der Waals surface area contributed by atoms with Crippen molar-refractivity contribution in [3.05, 3.63) is 48.0 Å². The van der Waals surface area contributed by atoms with E-state index in [0.29, 0.717) is 30.4 Å². The van der Waals surface area contributed by atoms with E-state index in [2.05, 4.69) is 17.6 Å². The zero-order valence-electron chi connectivity index (χ0n) is 14.8. The normalized spacial score (nSPS) is 10.0. The third-order valence-corrected chi connectivity index (χ3v) is 3.60. The Hall–Kier alpha value is -2.89. The first-order valence-corrected chi connectivity index (χ1v) is 8.14. The van der Waals surface area contributed by atoms with E-state index in [1.807, 2.05) is 24.3 Å². The Kier molecular flexibility index (Phi) is 6.95. The van der Waals surface area contributed by atoms with Crippen LogP contribution >= 0.6 is 0 Å². The van der Waals surface area contributed by atoms with Crippen molar-refractivity contribution in [3.63, 3.8) is 0 Å². The third-order valence-electron chi connectivity index (χ3n) is 3.60. The minimum atomic E-state index is -0.268. The highest BCUT2D eigenvalue weighted by molar-refractivity contribution is 5.89. The lowest BCUT2D eigenvalue weighted by Gasteiger charge is -2.11. The Morgan fingerprint density at radius 3 is 2.12 bits per heavy atom. The van der Waals surface area contributed by atoms with Gasteiger partial charge in [-0.15, -0.1) is 0 Å². The summed E-state index contributed by atoms with van der Waals surface area (Å²) in [5.74, 6) is 1.92. The van der Waals surface area contributed by atoms with Crippen LogP contribution < -0.4 is 24.8 Å². The first-order valence-electron chi connectivity index (χ1n) is 8.14. The van der Waals surface area contributed by atoms with Crippen LogP contribution in [0.2, 0.25) is 0 Å². The first kappa shape index (κ1) is 18.4. The zero-order chi connectivity index (χ0) is 18.1. The number of rotatable bonds is 8. The van der Waals surface area contributed by atoms with Gasteiger partial charge in [-0.3, -0.25) is 0 Å². The molecule has 0 bridgehead atoms. The molecule has 0 saturated carbocycles. The summed E-state index contributed by atoms with van der Waals surface area (Å²) in [7, 11) is 3.16. The van der Waals surface area contributed by atoms with Gasteiger partial charge in [0.25, 0.3) is 0 Å². The Balaban J connectivity index is 1.75. The Morgan fingerprint density at radius 2 is 1.56 bits per heavy atom. The molecule has 0 radical (unpaired) electrons. The van der Waals surface area contributed by atoms with E-state index in [1.165, 1.54) is 5.56 Å². The molecule has 2 aromatic rings. The van der Waals surface area contributed by atoms with Gasteiger partial charge in [-0.2, -0.15) is 0 Å². The lowest BCUT2D eigenvalue weighted by atomic mass is 10.1. The molecule has 0 aromatic heterocycles. The van der Waals surface area contributed by atoms with Crippen LogP contribution in [0.4, 0.5) is 10.5 Å². The second-order valence-electron chi connectivity index (χ2n) is 5.33. The van der Waals surface area contributed by atoms with Gasteiger partial charge in [-0.1, -0.05) is 19.1 Å². The quantitative estimate of drug-likeness (QED) is 0.720. The second kappa shape index (κ2) is 9.42. The number of amides is 2. The van der Waals surface area contributed by atoms with Crippen molar-refractivity contribution in [2.45, 2.75) is 13.3 Å². The molecule has 0 aliphatic rings. The van der Waals surface area contributed by atoms with Gasteiger partial charge >= 0.3 is 6.03 Å². The summed E-state index contributed by atoms with van der Waals surface area (Å²) >= 11 is 0. The van der Waals surface area contributed by atoms with E-state index in [9.17, 15) is 4.79 Å². The van der Waals surface area contributed by atoms with Crippen molar-refractivity contribution >= 4 is 11.7 Å². The van der Waals surface area contributed by atoms with Gasteiger partial charge in [0.15, 0.2) is 0 Å². The fraction of sp³-hybridized carbons (Fsp3) is 0.316. The molecule has 25 heavy (non-hydrogen) atoms. The Bertz CT molecular complexity index is 664. The fourth-order valence-electron chi connectivity index (χ4n) is 2.20. The summed E-state index contributed by atoms with van der Waals surface area (Å²) in [6.07, 6.45) is 0.971. The number of nitrogens with one attached hydrogen (secondary N) is 2. The number of anilines is 1. The molecule has 2 aromatic carbocycles. The SMILES string of the molecule is CCc1ccc(NC(=O)NCCOc2cc(OC)cc(OC)c2)cc1. The highest BCUT2D eigenvalue weighted by atomic mass is 16.5. The van der Waals surface area contributed by atoms with Gasteiger partial charge in [0.1, 0.15) is 23.9 Å². The maximum absolute atomic E-state index is 11.9. The maximum atomic E-state index is 11.9. The molecule has 0 unspecified atom stereocenters. The number of hydrogen-bond acceptors (Lipinski definition) is 4. The number of carbonyl (C=O) groups excluding carboxylic acids is 1. The van der Waals surface area contributed by atoms with Crippen molar-refractivity contribution in [2.75, 3.05) is 32.7 Å². The van der Waals surface area contributed by atoms with Crippen molar-refractivity contribution in [2.24, 2.45) is 0 Å². The average molecular weight is 344 g/mol. The Labute approximate surface area is 148 Å². The predicted octanol–water partition coefficient (Wildman–Crippen LogP) is 3.47. The monoisotopic (exact) mass is 344 g/mol. The first-order chi connectivity index (χ1) is 12.1. The number of carbonyl (C=O) groups is 1. The molecule has 0 atom stereocenters. The van der Waals surface area contributed by atoms with E-state index >= 15 is 0 Å². The highest BCUT2D eigenvalue weighted by Gasteiger charge is 2.04. The largest absolute Gasteiger partial charge is 0.496 e. The van der Waals surface area contributed by atoms with Crippen LogP contribution in [0.1, 0.15) is 12.5 Å². The summed E-state index contributed by atoms with van der Waals surface area (Å²) in [5.41, 5.74) is 1.99. The minimum Gasteiger partial charge on any atom is -0.496 e. The molecular formula is C19H24N2O4. The van der Waals surface area contributed by atoms with Crippen LogP contribution in [0.3, 0.4) is 0 Å². The van der Waals surface area contributed by atoms with Crippen molar-refractivity contribution in [3.8, 4) is 17.2 Å². The van der Waals surface area contributed by atoms with Crippen LogP contribution in [0.25, 0.3) is 0 Å². The summed E-state index contributed by atoms with van der Waals surface area (Å²) in [5, 5.41) is 5.53. The number of ether oxygens (including phenoxy) is 3. The molecule has 0 heterocycles. The van der Waals surface area contributed by atoms with Gasteiger partial charge in [-0.05, 0) is 24.1 Å². The fourth-order valence-corrected chi connectivity index (χ4v) is 2.20. The molecule has 0 fully saturated rings. The zero-order valence-corrected chi connectivity index (χ0v) is 14.8. The number of urea groups is 1. The predicted molar refractivity (Wildman–Crippen MR) is 97.9 cm³/mol. The van der Waals surface area contributed by atoms with Gasteiger partial charge in [0.05, 0.1) is 20.8 Å². The molecule has 6 heteroatoms. The molecular weight excluding hydrogens is 320 g/mol. The van der Waals surface area contributed by atoms with Crippen LogP contribution in [0.5, 0.6) is 17.2 Å². The molecule has 0 saturated heterocycles. The molecule has 2 rings (SSSR count). The Morgan fingerprint density at radius 1 is 0.960 bits per heavy atom. The number of benzene rings is 2. The lowest BCUT2D eigenvalue weighted by molar-refractivity contribution is 0.247. The number of hydrogen-bond donors (Lipinski definition) is 2. The van der Waals surface area contributed by atoms with Gasteiger partial charge in [-0.25, -0.2) is 4.79 Å². The molecule has 0 aliphatic heterocycles. The summed E-state index contributed by atoms with van der Waals surface area (Å²) in [4.78, 5) is 11.9. The van der Waals surface area contributed by atoms with Gasteiger partial charge in [0, 0.05) is 23.9 Å². The van der Waals surface area contributed by atoms with E-state index in [4.69, 9.17) is 14.2 Å². The van der Waals surface area contributed by atoms with E-state index in [1.54, 1.807) is 32.4 Å². The van der Waals surface area contributed by atoms with E-state index < -0.39 is 0 Å². The standard InChI is InChI=1S/C19H24N2O4/c1-4-14-5-7-15(8-6-14)21-19(22)20-9-10-25-18-12-16(23-2)11-17(13-18)24-3/h5-8,11-13H,4,9-10H2,1-3H3,(H2,20,21,22). The summed E-state index contributed by atoms with van der Waals surface area (Å²) < 4.78 is 16.0. The minimum absolute atomic E-state index is 0.268. The molecule has 0 aliphatic carbocycles. The van der Waals surface area contributed by atoms with Crippen LogP contribution in [-0.4, -0.2) is 33.4 Å². The van der Waals surface area contributed by atoms with Crippen molar-refractivity contribution in [1.82, 2.24) is 5.32 Å². The van der Waals surface area contributed by atoms with Crippen LogP contribution in [0.15, 0.2) is 42.5 Å². The molecule has 6 nitrogen and oxygen atoms in total. The van der Waals surface area contributed by atoms with Gasteiger partial charge in [0.2, 0.25) is 0 Å². The molecule has 134 valence electrons. The summed E-state index contributed by atoms with van der Waals surface area (Å²) in [6.45, 7) is 2.80. The topological polar surface area (TPSA) is 68.8 Å². The number of aryl methyl sites for hydroxylation is 1. The highest BCUT2D eigenvalue weighted by Crippen LogP contribution is 2.27. The van der Waals surface area contributed by atoms with E-state index in [0.717, 1.165) is 12.1 Å². The average Bonchev–Trinajstić information content (AvgIpc) is 2.65. The third kappa shape index (κ3) is 5.91. The molecule has 2 N–H and O–H groups in total. The number of methoxy groups -OCH3 is 2. The van der Waals surface area contributed by atoms with Crippen molar-refractivity contribution < 1.29 is 19.0 Å². The maximum Gasteiger partial charge on any atom is 0.319 e. The smallest absolute Gasteiger partial charge is 0.319 e. The van der Waals surface area contributed by atoms with Gasteiger partial charge < -0.3 is 24.8 Å². The van der Waals surface area contributed by atoms with E-state index in [-0.39, 0.29) is 6.03 Å². The lowest BCUT2D eigenvalue weighted by Crippen LogP contribution is -2.32. The van der Waals surface area contributed by atoms with Crippen LogP contribution in [-0.2, 0) is 6.42 Å². The van der Waals surface area contributed by atoms with Crippen molar-refractivity contribution in [1.29, 1.82) is 0 Å². The second-order valence-corrected chi connectivity index (χ2v) is 5.33. The van der Waals surface area contributed by atoms with Crippen LogP contribution in [0, 0.1) is 0 Å². The molecule has 0 spiro atoms. The summed E-state index contributed by atoms with van der Waals surface area (Å²) in [6, 6.07) is 12.8. The molecule has 2 amide bonds.